The van der Waals surface area contributed by atoms with Gasteiger partial charge in [-0.1, -0.05) is 48.3 Å². The summed E-state index contributed by atoms with van der Waals surface area (Å²) in [6.07, 6.45) is 5.29. The minimum Gasteiger partial charge on any atom is -0.478 e. The number of nitrogens with zero attached hydrogens (tertiary/aromatic N) is 2. The largest absolute Gasteiger partial charge is 0.478 e. The van der Waals surface area contributed by atoms with Gasteiger partial charge in [-0.3, -0.25) is 9.13 Å². The lowest BCUT2D eigenvalue weighted by molar-refractivity contribution is -0.152. The minimum absolute atomic E-state index is 0.0227. The number of aryl methyl sites for hydroxylation is 2. The fourth-order valence-electron chi connectivity index (χ4n) is 3.73. The smallest absolute Gasteiger partial charge is 0.347 e. The summed E-state index contributed by atoms with van der Waals surface area (Å²) in [5, 5.41) is 10.2. The van der Waals surface area contributed by atoms with Gasteiger partial charge in [0.15, 0.2) is 5.60 Å². The number of benzene rings is 2. The van der Waals surface area contributed by atoms with E-state index in [0.717, 1.165) is 42.5 Å². The Kier molecular flexibility index (Phi) is 8.50. The van der Waals surface area contributed by atoms with E-state index in [1.807, 2.05) is 29.0 Å². The van der Waals surface area contributed by atoms with Crippen LogP contribution in [0.5, 0.6) is 5.75 Å². The molecule has 1 heterocycles. The molecule has 6 nitrogen and oxygen atoms in total. The molecule has 0 saturated heterocycles. The molecule has 2 aromatic carbocycles. The maximum atomic E-state index is 13.0. The molecule has 0 unspecified atom stereocenters. The Hall–Kier alpha value is -2.70. The van der Waals surface area contributed by atoms with Crippen LogP contribution in [0.15, 0.2) is 53.5 Å². The van der Waals surface area contributed by atoms with Gasteiger partial charge in [-0.25, -0.2) is 9.59 Å². The predicted molar refractivity (Wildman–Crippen MR) is 135 cm³/mol. The second-order valence-corrected chi connectivity index (χ2v) is 9.66. The van der Waals surface area contributed by atoms with E-state index in [4.69, 9.17) is 27.9 Å². The number of carboxylic acid groups (broad SMARTS) is 1. The Balaban J connectivity index is 1.66. The van der Waals surface area contributed by atoms with Crippen LogP contribution in [0.4, 0.5) is 0 Å². The average Bonchev–Trinajstić information content (AvgIpc) is 3.06. The Morgan fingerprint density at radius 3 is 2.32 bits per heavy atom. The zero-order valence-corrected chi connectivity index (χ0v) is 21.2. The Morgan fingerprint density at radius 1 is 1.03 bits per heavy atom. The van der Waals surface area contributed by atoms with E-state index in [1.165, 1.54) is 13.8 Å². The molecule has 3 rings (SSSR count). The quantitative estimate of drug-likeness (QED) is 0.356. The molecule has 0 saturated carbocycles. The van der Waals surface area contributed by atoms with Gasteiger partial charge >= 0.3 is 11.7 Å². The molecule has 0 amide bonds. The van der Waals surface area contributed by atoms with Crippen molar-refractivity contribution in [1.29, 1.82) is 0 Å². The van der Waals surface area contributed by atoms with Crippen LogP contribution in [0.2, 0.25) is 10.0 Å². The van der Waals surface area contributed by atoms with Crippen molar-refractivity contribution in [3.05, 3.63) is 86.0 Å². The monoisotopic (exact) mass is 504 g/mol. The lowest BCUT2D eigenvalue weighted by Crippen LogP contribution is -2.37. The van der Waals surface area contributed by atoms with Crippen LogP contribution in [0, 0.1) is 0 Å². The van der Waals surface area contributed by atoms with Crippen LogP contribution in [0.1, 0.15) is 50.4 Å². The number of halogens is 2. The third kappa shape index (κ3) is 6.45. The van der Waals surface area contributed by atoms with Crippen LogP contribution in [0.25, 0.3) is 0 Å². The van der Waals surface area contributed by atoms with Crippen molar-refractivity contribution in [2.24, 2.45) is 0 Å². The number of imidazole rings is 1. The second kappa shape index (κ2) is 11.2. The molecule has 0 spiro atoms. The van der Waals surface area contributed by atoms with E-state index in [9.17, 15) is 14.7 Å². The summed E-state index contributed by atoms with van der Waals surface area (Å²) in [6, 6.07) is 12.9. The van der Waals surface area contributed by atoms with Gasteiger partial charge in [0.05, 0.1) is 16.6 Å². The predicted octanol–water partition coefficient (Wildman–Crippen LogP) is 5.83. The Morgan fingerprint density at radius 2 is 1.71 bits per heavy atom. The lowest BCUT2D eigenvalue weighted by Gasteiger charge is -2.21. The highest BCUT2D eigenvalue weighted by atomic mass is 35.5. The van der Waals surface area contributed by atoms with Gasteiger partial charge in [0.1, 0.15) is 5.75 Å². The number of hydrogen-bond acceptors (Lipinski definition) is 3. The van der Waals surface area contributed by atoms with Gasteiger partial charge in [0.25, 0.3) is 0 Å². The molecule has 0 bridgehead atoms. The van der Waals surface area contributed by atoms with E-state index in [-0.39, 0.29) is 5.69 Å². The van der Waals surface area contributed by atoms with E-state index < -0.39 is 11.6 Å². The first-order valence-corrected chi connectivity index (χ1v) is 12.1. The molecule has 0 radical (unpaired) electrons. The summed E-state index contributed by atoms with van der Waals surface area (Å²) < 4.78 is 9.13. The molecule has 1 N–H and O–H groups in total. The molecule has 0 atom stereocenters. The molecule has 1 aromatic heterocycles. The number of aliphatic carboxylic acids is 1. The lowest BCUT2D eigenvalue weighted by atomic mass is 10.1. The van der Waals surface area contributed by atoms with E-state index in [0.29, 0.717) is 28.9 Å². The van der Waals surface area contributed by atoms with Gasteiger partial charge in [-0.2, -0.15) is 0 Å². The first-order valence-electron chi connectivity index (χ1n) is 11.3. The van der Waals surface area contributed by atoms with Gasteiger partial charge < -0.3 is 9.84 Å². The number of ether oxygens (including phenoxy) is 1. The zero-order chi connectivity index (χ0) is 24.9. The van der Waals surface area contributed by atoms with E-state index in [2.05, 4.69) is 6.92 Å². The Bertz CT molecular complexity index is 1200. The third-order valence-electron chi connectivity index (χ3n) is 5.62. The van der Waals surface area contributed by atoms with Crippen molar-refractivity contribution < 1.29 is 14.6 Å². The average molecular weight is 505 g/mol. The van der Waals surface area contributed by atoms with Crippen molar-refractivity contribution in [2.45, 2.75) is 65.1 Å². The SMILES string of the molecule is CCCn1c(CCCc2ccc(OC(C)(C)C(=O)O)cc2)cn(Cc2ccc(Cl)c(Cl)c2)c1=O. The zero-order valence-electron chi connectivity index (χ0n) is 19.7. The minimum atomic E-state index is -1.28. The summed E-state index contributed by atoms with van der Waals surface area (Å²) in [7, 11) is 0. The van der Waals surface area contributed by atoms with Gasteiger partial charge in [0, 0.05) is 18.4 Å². The molecule has 0 aliphatic carbocycles. The molecule has 182 valence electrons. The standard InChI is InChI=1S/C26H30Cl2N2O4/c1-4-14-30-20(17-29(25(30)33)16-19-10-13-22(27)23(28)15-19)7-5-6-18-8-11-21(12-9-18)34-26(2,3)24(31)32/h8-13,15,17H,4-7,14,16H2,1-3H3,(H,31,32). The van der Waals surface area contributed by atoms with Crippen LogP contribution in [-0.2, 0) is 30.7 Å². The summed E-state index contributed by atoms with van der Waals surface area (Å²) in [5.41, 5.74) is 1.75. The van der Waals surface area contributed by atoms with Crippen molar-refractivity contribution in [1.82, 2.24) is 9.13 Å². The fraction of sp³-hybridized carbons (Fsp3) is 0.385. The molecular weight excluding hydrogens is 475 g/mol. The van der Waals surface area contributed by atoms with Crippen molar-refractivity contribution in [2.75, 3.05) is 0 Å². The molecule has 0 aliphatic rings. The van der Waals surface area contributed by atoms with Crippen molar-refractivity contribution >= 4 is 29.2 Å². The van der Waals surface area contributed by atoms with Crippen LogP contribution in [0.3, 0.4) is 0 Å². The van der Waals surface area contributed by atoms with Crippen LogP contribution < -0.4 is 10.4 Å². The topological polar surface area (TPSA) is 73.5 Å². The highest BCUT2D eigenvalue weighted by molar-refractivity contribution is 6.42. The Labute approximate surface area is 209 Å². The molecule has 0 aliphatic heterocycles. The fourth-order valence-corrected chi connectivity index (χ4v) is 4.05. The first kappa shape index (κ1) is 25.9. The van der Waals surface area contributed by atoms with Crippen molar-refractivity contribution in [3.63, 3.8) is 0 Å². The number of carbonyl (C=O) groups is 1. The third-order valence-corrected chi connectivity index (χ3v) is 6.36. The highest BCUT2D eigenvalue weighted by Gasteiger charge is 2.29. The van der Waals surface area contributed by atoms with Gasteiger partial charge in [-0.05, 0) is 74.9 Å². The number of rotatable bonds is 11. The van der Waals surface area contributed by atoms with Gasteiger partial charge in [0.2, 0.25) is 0 Å². The number of carboxylic acids is 1. The van der Waals surface area contributed by atoms with E-state index >= 15 is 0 Å². The van der Waals surface area contributed by atoms with Crippen molar-refractivity contribution in [3.8, 4) is 5.75 Å². The summed E-state index contributed by atoms with van der Waals surface area (Å²) >= 11 is 12.1. The summed E-state index contributed by atoms with van der Waals surface area (Å²) in [5.74, 6) is -0.492. The normalized spacial score (nSPS) is 11.6. The summed E-state index contributed by atoms with van der Waals surface area (Å²) in [6.45, 7) is 6.21. The highest BCUT2D eigenvalue weighted by Crippen LogP contribution is 2.23. The maximum absolute atomic E-state index is 13.0. The molecule has 34 heavy (non-hydrogen) atoms. The number of aromatic nitrogens is 2. The van der Waals surface area contributed by atoms with E-state index in [1.54, 1.807) is 28.8 Å². The van der Waals surface area contributed by atoms with Gasteiger partial charge in [-0.15, -0.1) is 0 Å². The van der Waals surface area contributed by atoms with Crippen LogP contribution in [-0.4, -0.2) is 25.8 Å². The molecule has 3 aromatic rings. The molecule has 8 heteroatoms. The summed E-state index contributed by atoms with van der Waals surface area (Å²) in [4.78, 5) is 24.2. The molecular formula is C26H30Cl2N2O4. The first-order chi connectivity index (χ1) is 16.1. The second-order valence-electron chi connectivity index (χ2n) is 8.85. The van der Waals surface area contributed by atoms with Crippen LogP contribution >= 0.6 is 23.2 Å². The maximum Gasteiger partial charge on any atom is 0.347 e. The molecule has 0 fully saturated rings. The number of hydrogen-bond donors (Lipinski definition) is 1.